The van der Waals surface area contributed by atoms with Crippen LogP contribution in [0.5, 0.6) is 11.5 Å². The molecule has 4 heteroatoms. The van der Waals surface area contributed by atoms with Crippen LogP contribution in [-0.4, -0.2) is 20.1 Å². The van der Waals surface area contributed by atoms with E-state index >= 15 is 0 Å². The highest BCUT2D eigenvalue weighted by molar-refractivity contribution is 5.97. The van der Waals surface area contributed by atoms with Crippen molar-refractivity contribution < 1.29 is 14.3 Å². The highest BCUT2D eigenvalue weighted by atomic mass is 16.5. The molecule has 0 radical (unpaired) electrons. The first-order valence-electron chi connectivity index (χ1n) is 8.14. The van der Waals surface area contributed by atoms with E-state index < -0.39 is 0 Å². The average Bonchev–Trinajstić information content (AvgIpc) is 2.66. The molecule has 0 aliphatic carbocycles. The van der Waals surface area contributed by atoms with Gasteiger partial charge in [-0.2, -0.15) is 0 Å². The van der Waals surface area contributed by atoms with Crippen molar-refractivity contribution >= 4 is 22.4 Å². The van der Waals surface area contributed by atoms with Crippen LogP contribution in [0.1, 0.15) is 18.4 Å². The topological polar surface area (TPSA) is 47.6 Å². The number of anilines is 1. The van der Waals surface area contributed by atoms with Crippen LogP contribution in [0.3, 0.4) is 0 Å². The third-order valence-corrected chi connectivity index (χ3v) is 4.33. The first-order valence-corrected chi connectivity index (χ1v) is 8.14. The Morgan fingerprint density at radius 3 is 2.40 bits per heavy atom. The van der Waals surface area contributed by atoms with Crippen molar-refractivity contribution in [1.82, 2.24) is 0 Å². The van der Waals surface area contributed by atoms with E-state index in [1.165, 1.54) is 0 Å². The molecule has 1 atom stereocenters. The molecule has 0 unspecified atom stereocenters. The van der Waals surface area contributed by atoms with Gasteiger partial charge in [-0.05, 0) is 47.5 Å². The molecule has 3 rings (SSSR count). The predicted octanol–water partition coefficient (Wildman–Crippen LogP) is 4.60. The minimum atomic E-state index is -0.281. The van der Waals surface area contributed by atoms with Crippen LogP contribution in [0.25, 0.3) is 10.8 Å². The number of hydrogen-bond acceptors (Lipinski definition) is 3. The van der Waals surface area contributed by atoms with Gasteiger partial charge in [0.15, 0.2) is 0 Å². The summed E-state index contributed by atoms with van der Waals surface area (Å²) in [6, 6.07) is 19.3. The summed E-state index contributed by atoms with van der Waals surface area (Å²) in [5.74, 6) is 1.12. The molecule has 0 aliphatic rings. The molecule has 0 spiro atoms. The van der Waals surface area contributed by atoms with Gasteiger partial charge >= 0.3 is 0 Å². The van der Waals surface area contributed by atoms with E-state index in [4.69, 9.17) is 9.47 Å². The number of methoxy groups -OCH3 is 2. The lowest BCUT2D eigenvalue weighted by Crippen LogP contribution is -2.19. The van der Waals surface area contributed by atoms with E-state index in [0.29, 0.717) is 11.4 Å². The van der Waals surface area contributed by atoms with Crippen molar-refractivity contribution in [3.63, 3.8) is 0 Å². The summed E-state index contributed by atoms with van der Waals surface area (Å²) in [6.45, 7) is 1.90. The molecule has 0 aromatic heterocycles. The molecule has 25 heavy (non-hydrogen) atoms. The molecule has 0 saturated heterocycles. The van der Waals surface area contributed by atoms with Crippen molar-refractivity contribution in [2.45, 2.75) is 12.8 Å². The minimum absolute atomic E-state index is 0.0719. The summed E-state index contributed by atoms with van der Waals surface area (Å²) < 4.78 is 10.5. The lowest BCUT2D eigenvalue weighted by Gasteiger charge is -2.15. The molecule has 0 saturated carbocycles. The quantitative estimate of drug-likeness (QED) is 0.741. The fourth-order valence-corrected chi connectivity index (χ4v) is 2.78. The van der Waals surface area contributed by atoms with Crippen LogP contribution in [0.2, 0.25) is 0 Å². The van der Waals surface area contributed by atoms with Gasteiger partial charge < -0.3 is 14.8 Å². The summed E-state index contributed by atoms with van der Waals surface area (Å²) in [5, 5.41) is 5.10. The van der Waals surface area contributed by atoms with E-state index in [9.17, 15) is 4.79 Å². The highest BCUT2D eigenvalue weighted by Gasteiger charge is 2.17. The maximum Gasteiger partial charge on any atom is 0.231 e. The molecular weight excluding hydrogens is 314 g/mol. The Bertz CT molecular complexity index is 905. The van der Waals surface area contributed by atoms with Crippen molar-refractivity contribution in [3.8, 4) is 11.5 Å². The molecule has 0 aliphatic heterocycles. The van der Waals surface area contributed by atoms with Gasteiger partial charge in [-0.3, -0.25) is 4.79 Å². The van der Waals surface area contributed by atoms with Crippen LogP contribution in [0.15, 0.2) is 60.7 Å². The Morgan fingerprint density at radius 2 is 1.64 bits per heavy atom. The van der Waals surface area contributed by atoms with E-state index in [2.05, 4.69) is 5.32 Å². The molecule has 3 aromatic carbocycles. The molecule has 128 valence electrons. The fraction of sp³-hybridized carbons (Fsp3) is 0.190. The number of rotatable bonds is 5. The van der Waals surface area contributed by atoms with Gasteiger partial charge in [0.1, 0.15) is 11.5 Å². The number of hydrogen-bond donors (Lipinski definition) is 1. The predicted molar refractivity (Wildman–Crippen MR) is 101 cm³/mol. The maximum atomic E-state index is 12.6. The minimum Gasteiger partial charge on any atom is -0.497 e. The van der Waals surface area contributed by atoms with Crippen molar-refractivity contribution in [2.24, 2.45) is 0 Å². The number of para-hydroxylation sites is 2. The molecule has 1 N–H and O–H groups in total. The lowest BCUT2D eigenvalue weighted by molar-refractivity contribution is -0.117. The number of amides is 1. The Balaban J connectivity index is 1.83. The number of ether oxygens (including phenoxy) is 2. The van der Waals surface area contributed by atoms with Gasteiger partial charge in [-0.25, -0.2) is 0 Å². The second-order valence-corrected chi connectivity index (χ2v) is 5.88. The third-order valence-electron chi connectivity index (χ3n) is 4.33. The zero-order valence-corrected chi connectivity index (χ0v) is 14.6. The summed E-state index contributed by atoms with van der Waals surface area (Å²) in [5.41, 5.74) is 1.64. The summed E-state index contributed by atoms with van der Waals surface area (Å²) in [7, 11) is 3.24. The number of carbonyl (C=O) groups is 1. The van der Waals surface area contributed by atoms with Gasteiger partial charge in [0.25, 0.3) is 0 Å². The van der Waals surface area contributed by atoms with Crippen molar-refractivity contribution in [2.75, 3.05) is 19.5 Å². The number of nitrogens with one attached hydrogen (secondary N) is 1. The van der Waals surface area contributed by atoms with E-state index in [0.717, 1.165) is 22.1 Å². The molecule has 0 heterocycles. The molecule has 0 fully saturated rings. The normalized spacial score (nSPS) is 11.8. The zero-order valence-electron chi connectivity index (χ0n) is 14.6. The number of benzene rings is 3. The van der Waals surface area contributed by atoms with Gasteiger partial charge in [-0.15, -0.1) is 0 Å². The van der Waals surface area contributed by atoms with E-state index in [1.807, 2.05) is 67.6 Å². The van der Waals surface area contributed by atoms with Gasteiger partial charge in [-0.1, -0.05) is 36.4 Å². The van der Waals surface area contributed by atoms with Crippen molar-refractivity contribution in [3.05, 3.63) is 66.2 Å². The maximum absolute atomic E-state index is 12.6. The Morgan fingerprint density at radius 1 is 0.920 bits per heavy atom. The van der Waals surface area contributed by atoms with Gasteiger partial charge in [0.2, 0.25) is 5.91 Å². The Kier molecular flexibility index (Phi) is 4.89. The Hall–Kier alpha value is -3.01. The van der Waals surface area contributed by atoms with Gasteiger partial charge in [0.05, 0.1) is 25.8 Å². The average molecular weight is 335 g/mol. The highest BCUT2D eigenvalue weighted by Crippen LogP contribution is 2.28. The van der Waals surface area contributed by atoms with Gasteiger partial charge in [0, 0.05) is 0 Å². The molecule has 0 bridgehead atoms. The molecule has 1 amide bonds. The van der Waals surface area contributed by atoms with E-state index in [-0.39, 0.29) is 11.8 Å². The van der Waals surface area contributed by atoms with Crippen LogP contribution >= 0.6 is 0 Å². The lowest BCUT2D eigenvalue weighted by atomic mass is 9.97. The van der Waals surface area contributed by atoms with Crippen LogP contribution < -0.4 is 14.8 Å². The van der Waals surface area contributed by atoms with Crippen LogP contribution in [-0.2, 0) is 4.79 Å². The second-order valence-electron chi connectivity index (χ2n) is 5.88. The number of carbonyl (C=O) groups excluding carboxylic acids is 1. The molecule has 4 nitrogen and oxygen atoms in total. The fourth-order valence-electron chi connectivity index (χ4n) is 2.78. The number of fused-ring (bicyclic) bond motifs is 1. The van der Waals surface area contributed by atoms with E-state index in [1.54, 1.807) is 14.2 Å². The summed E-state index contributed by atoms with van der Waals surface area (Å²) in [6.07, 6.45) is 0. The van der Waals surface area contributed by atoms with Crippen molar-refractivity contribution in [1.29, 1.82) is 0 Å². The third kappa shape index (κ3) is 3.58. The summed E-state index contributed by atoms with van der Waals surface area (Å²) in [4.78, 5) is 12.6. The second kappa shape index (κ2) is 7.26. The first kappa shape index (κ1) is 16.8. The first-order chi connectivity index (χ1) is 12.1. The SMILES string of the molecule is COc1ccc2cc([C@@H](C)C(=O)Nc3ccccc3OC)ccc2c1. The zero-order chi connectivity index (χ0) is 17.8. The largest absolute Gasteiger partial charge is 0.497 e. The van der Waals surface area contributed by atoms with Crippen LogP contribution in [0.4, 0.5) is 5.69 Å². The molecular formula is C21H21NO3. The molecule has 3 aromatic rings. The van der Waals surface area contributed by atoms with Crippen LogP contribution in [0, 0.1) is 0 Å². The smallest absolute Gasteiger partial charge is 0.231 e. The standard InChI is InChI=1S/C21H21NO3/c1-14(21(23)22-19-6-4-5-7-20(19)25-3)15-8-9-17-13-18(24-2)11-10-16(17)12-15/h4-14H,1-3H3,(H,22,23)/t14-/m1/s1. The monoisotopic (exact) mass is 335 g/mol. The Labute approximate surface area is 147 Å². The summed E-state index contributed by atoms with van der Waals surface area (Å²) >= 11 is 0.